The highest BCUT2D eigenvalue weighted by molar-refractivity contribution is 4.90. The van der Waals surface area contributed by atoms with Crippen LogP contribution in [0.1, 0.15) is 47.5 Å². The van der Waals surface area contributed by atoms with Crippen LogP contribution in [0.3, 0.4) is 0 Å². The minimum Gasteiger partial charge on any atom is -0.388 e. The molecule has 3 nitrogen and oxygen atoms in total. The van der Waals surface area contributed by atoms with Gasteiger partial charge >= 0.3 is 0 Å². The Labute approximate surface area is 99.1 Å². The van der Waals surface area contributed by atoms with E-state index in [9.17, 15) is 5.11 Å². The smallest absolute Gasteiger partial charge is 0.112 e. The second-order valence-corrected chi connectivity index (χ2v) is 5.49. The van der Waals surface area contributed by atoms with Crippen LogP contribution in [-0.2, 0) is 9.47 Å². The maximum atomic E-state index is 9.99. The molecule has 0 aromatic rings. The zero-order valence-electron chi connectivity index (χ0n) is 11.1. The molecule has 0 aromatic heterocycles. The number of hydrogen-bond donors (Lipinski definition) is 1. The molecule has 1 aliphatic heterocycles. The Balaban J connectivity index is 2.52. The highest BCUT2D eigenvalue weighted by atomic mass is 16.6. The highest BCUT2D eigenvalue weighted by Gasteiger charge is 2.42. The van der Waals surface area contributed by atoms with Gasteiger partial charge in [0.1, 0.15) is 12.2 Å². The van der Waals surface area contributed by atoms with Gasteiger partial charge in [-0.1, -0.05) is 13.8 Å². The van der Waals surface area contributed by atoms with Crippen LogP contribution in [0.2, 0.25) is 0 Å². The van der Waals surface area contributed by atoms with Gasteiger partial charge in [0.2, 0.25) is 0 Å². The van der Waals surface area contributed by atoms with Crippen molar-refractivity contribution in [3.63, 3.8) is 0 Å². The van der Waals surface area contributed by atoms with Crippen molar-refractivity contribution in [1.82, 2.24) is 0 Å². The summed E-state index contributed by atoms with van der Waals surface area (Å²) in [5, 5.41) is 9.99. The number of aliphatic hydroxyl groups is 1. The summed E-state index contributed by atoms with van der Waals surface area (Å²) < 4.78 is 11.5. The number of rotatable bonds is 5. The van der Waals surface area contributed by atoms with E-state index in [0.29, 0.717) is 5.92 Å². The molecule has 0 radical (unpaired) electrons. The van der Waals surface area contributed by atoms with Crippen LogP contribution in [-0.4, -0.2) is 35.6 Å². The first-order valence-electron chi connectivity index (χ1n) is 6.40. The molecule has 4 atom stereocenters. The molecule has 0 saturated carbocycles. The summed E-state index contributed by atoms with van der Waals surface area (Å²) in [5.41, 5.74) is 0. The third kappa shape index (κ3) is 3.72. The average Bonchev–Trinajstić information content (AvgIpc) is 2.42. The van der Waals surface area contributed by atoms with Gasteiger partial charge in [0.15, 0.2) is 0 Å². The van der Waals surface area contributed by atoms with Gasteiger partial charge in [-0.2, -0.15) is 0 Å². The summed E-state index contributed by atoms with van der Waals surface area (Å²) in [6.07, 6.45) is 1.51. The van der Waals surface area contributed by atoms with Gasteiger partial charge in [-0.25, -0.2) is 0 Å². The molecular weight excluding hydrogens is 204 g/mol. The van der Waals surface area contributed by atoms with Gasteiger partial charge in [-0.15, -0.1) is 0 Å². The predicted octanol–water partition coefficient (Wildman–Crippen LogP) is 2.36. The van der Waals surface area contributed by atoms with E-state index in [1.165, 1.54) is 0 Å². The molecular formula is C13H26O3. The largest absolute Gasteiger partial charge is 0.388 e. The van der Waals surface area contributed by atoms with Crippen LogP contribution < -0.4 is 0 Å². The average molecular weight is 230 g/mol. The molecule has 1 N–H and O–H groups in total. The van der Waals surface area contributed by atoms with Crippen molar-refractivity contribution < 1.29 is 14.6 Å². The van der Waals surface area contributed by atoms with Gasteiger partial charge in [-0.05, 0) is 39.5 Å². The van der Waals surface area contributed by atoms with Crippen LogP contribution in [0.25, 0.3) is 0 Å². The minimum absolute atomic E-state index is 0.0507. The van der Waals surface area contributed by atoms with Crippen molar-refractivity contribution in [2.45, 2.75) is 78.0 Å². The fraction of sp³-hybridized carbons (Fsp3) is 1.00. The highest BCUT2D eigenvalue weighted by Crippen LogP contribution is 2.28. The Kier molecular flexibility index (Phi) is 5.22. The maximum absolute atomic E-state index is 9.99. The van der Waals surface area contributed by atoms with E-state index in [2.05, 4.69) is 13.8 Å². The topological polar surface area (TPSA) is 38.7 Å². The van der Waals surface area contributed by atoms with Gasteiger partial charge in [0.05, 0.1) is 18.3 Å². The Hall–Kier alpha value is -0.120. The van der Waals surface area contributed by atoms with Crippen LogP contribution in [0, 0.1) is 5.92 Å². The molecule has 1 heterocycles. The second kappa shape index (κ2) is 5.99. The molecule has 0 aromatic carbocycles. The van der Waals surface area contributed by atoms with E-state index in [-0.39, 0.29) is 24.4 Å². The zero-order chi connectivity index (χ0) is 12.3. The summed E-state index contributed by atoms with van der Waals surface area (Å²) in [5.74, 6) is 0.663. The Morgan fingerprint density at radius 3 is 2.38 bits per heavy atom. The van der Waals surface area contributed by atoms with Crippen LogP contribution >= 0.6 is 0 Å². The Morgan fingerprint density at radius 1 is 1.25 bits per heavy atom. The first-order valence-corrected chi connectivity index (χ1v) is 6.40. The number of aliphatic hydroxyl groups excluding tert-OH is 1. The van der Waals surface area contributed by atoms with Crippen molar-refractivity contribution in [2.24, 2.45) is 5.92 Å². The molecule has 1 unspecified atom stereocenters. The van der Waals surface area contributed by atoms with Crippen molar-refractivity contribution in [1.29, 1.82) is 0 Å². The van der Waals surface area contributed by atoms with E-state index in [0.717, 1.165) is 12.8 Å². The molecule has 0 aliphatic carbocycles. The summed E-state index contributed by atoms with van der Waals surface area (Å²) >= 11 is 0. The monoisotopic (exact) mass is 230 g/mol. The molecule has 1 fully saturated rings. The zero-order valence-corrected chi connectivity index (χ0v) is 11.1. The summed E-state index contributed by atoms with van der Waals surface area (Å²) in [6.45, 7) is 10.3. The van der Waals surface area contributed by atoms with Gasteiger partial charge < -0.3 is 14.6 Å². The minimum atomic E-state index is -0.487. The molecule has 0 spiro atoms. The Morgan fingerprint density at radius 2 is 1.88 bits per heavy atom. The summed E-state index contributed by atoms with van der Waals surface area (Å²) in [4.78, 5) is 0. The molecule has 0 amide bonds. The normalized spacial score (nSPS) is 35.2. The number of ether oxygens (including phenoxy) is 2. The van der Waals surface area contributed by atoms with Crippen molar-refractivity contribution >= 4 is 0 Å². The van der Waals surface area contributed by atoms with Crippen molar-refractivity contribution in [3.8, 4) is 0 Å². The molecule has 16 heavy (non-hydrogen) atoms. The molecule has 0 bridgehead atoms. The van der Waals surface area contributed by atoms with Crippen molar-refractivity contribution in [3.05, 3.63) is 0 Å². The lowest BCUT2D eigenvalue weighted by atomic mass is 10.00. The summed E-state index contributed by atoms with van der Waals surface area (Å²) in [6, 6.07) is 0. The number of hydrogen-bond acceptors (Lipinski definition) is 3. The SMILES string of the molecule is CC(C)CC[C@H]1O[C@@H](C)[C@@H](O)C1OC(C)C. The maximum Gasteiger partial charge on any atom is 0.112 e. The third-order valence-corrected chi connectivity index (χ3v) is 3.03. The molecule has 1 rings (SSSR count). The van der Waals surface area contributed by atoms with Gasteiger partial charge in [0, 0.05) is 0 Å². The lowest BCUT2D eigenvalue weighted by Crippen LogP contribution is -2.36. The van der Waals surface area contributed by atoms with E-state index in [1.807, 2.05) is 20.8 Å². The molecule has 3 heteroatoms. The van der Waals surface area contributed by atoms with Crippen LogP contribution in [0.15, 0.2) is 0 Å². The predicted molar refractivity (Wildman–Crippen MR) is 64.4 cm³/mol. The first-order chi connectivity index (χ1) is 7.41. The van der Waals surface area contributed by atoms with E-state index < -0.39 is 6.10 Å². The first kappa shape index (κ1) is 13.9. The van der Waals surface area contributed by atoms with Crippen LogP contribution in [0.4, 0.5) is 0 Å². The van der Waals surface area contributed by atoms with E-state index >= 15 is 0 Å². The third-order valence-electron chi connectivity index (χ3n) is 3.03. The Bertz CT molecular complexity index is 203. The molecule has 96 valence electrons. The van der Waals surface area contributed by atoms with Gasteiger partial charge in [0.25, 0.3) is 0 Å². The lowest BCUT2D eigenvalue weighted by molar-refractivity contribution is -0.0683. The fourth-order valence-electron chi connectivity index (χ4n) is 2.13. The van der Waals surface area contributed by atoms with E-state index in [4.69, 9.17) is 9.47 Å². The fourth-order valence-corrected chi connectivity index (χ4v) is 2.13. The lowest BCUT2D eigenvalue weighted by Gasteiger charge is -2.23. The second-order valence-electron chi connectivity index (χ2n) is 5.49. The van der Waals surface area contributed by atoms with Gasteiger partial charge in [-0.3, -0.25) is 0 Å². The van der Waals surface area contributed by atoms with Crippen molar-refractivity contribution in [2.75, 3.05) is 0 Å². The molecule has 1 aliphatic rings. The summed E-state index contributed by atoms with van der Waals surface area (Å²) in [7, 11) is 0. The van der Waals surface area contributed by atoms with E-state index in [1.54, 1.807) is 0 Å². The standard InChI is InChI=1S/C13H26O3/c1-8(2)6-7-11-13(15-9(3)4)12(14)10(5)16-11/h8-14H,6-7H2,1-5H3/t10-,11+,12+,13?/m0/s1. The quantitative estimate of drug-likeness (QED) is 0.788. The van der Waals surface area contributed by atoms with Crippen LogP contribution in [0.5, 0.6) is 0 Å². The molecule has 1 saturated heterocycles.